The number of rotatable bonds is 3. The Bertz CT molecular complexity index is 726. The monoisotopic (exact) mass is 348 g/mol. The molecule has 0 saturated carbocycles. The van der Waals surface area contributed by atoms with Gasteiger partial charge in [-0.05, 0) is 56.8 Å². The largest absolute Gasteiger partial charge is 0.336 e. The van der Waals surface area contributed by atoms with E-state index >= 15 is 0 Å². The Hall–Kier alpha value is -1.36. The molecule has 23 heavy (non-hydrogen) atoms. The number of amides is 1. The third kappa shape index (κ3) is 3.44. The highest BCUT2D eigenvalue weighted by molar-refractivity contribution is 7.17. The van der Waals surface area contributed by atoms with E-state index in [4.69, 9.17) is 11.6 Å². The summed E-state index contributed by atoms with van der Waals surface area (Å²) in [4.78, 5) is 18.9. The molecule has 3 nitrogen and oxygen atoms in total. The first kappa shape index (κ1) is 16.5. The molecule has 0 spiro atoms. The predicted octanol–water partition coefficient (Wildman–Crippen LogP) is 4.15. The molecule has 1 unspecified atom stereocenters. The number of likely N-dealkylation sites (tertiary alicyclic amines) is 1. The Labute approximate surface area is 146 Å². The maximum Gasteiger partial charge on any atom is 0.264 e. The number of nitrogens with zero attached hydrogens (tertiary/aromatic N) is 2. The van der Waals surface area contributed by atoms with Crippen LogP contribution >= 0.6 is 22.9 Å². The van der Waals surface area contributed by atoms with Gasteiger partial charge in [-0.15, -0.1) is 11.3 Å². The van der Waals surface area contributed by atoms with Gasteiger partial charge in [0.25, 0.3) is 5.91 Å². The fourth-order valence-electron chi connectivity index (χ4n) is 3.01. The lowest BCUT2D eigenvalue weighted by atomic mass is 10.1. The van der Waals surface area contributed by atoms with Gasteiger partial charge in [-0.2, -0.15) is 0 Å². The highest BCUT2D eigenvalue weighted by Gasteiger charge is 2.29. The maximum absolute atomic E-state index is 12.8. The number of carbonyl (C=O) groups is 1. The smallest absolute Gasteiger partial charge is 0.264 e. The van der Waals surface area contributed by atoms with Crippen molar-refractivity contribution in [3.05, 3.63) is 45.8 Å². The van der Waals surface area contributed by atoms with Gasteiger partial charge in [0.2, 0.25) is 0 Å². The molecule has 1 aliphatic heterocycles. The van der Waals surface area contributed by atoms with Gasteiger partial charge >= 0.3 is 0 Å². The summed E-state index contributed by atoms with van der Waals surface area (Å²) in [7, 11) is 4.15. The molecule has 1 aromatic heterocycles. The van der Waals surface area contributed by atoms with Crippen LogP contribution in [0.3, 0.4) is 0 Å². The maximum atomic E-state index is 12.8. The number of hydrogen-bond donors (Lipinski definition) is 0. The quantitative estimate of drug-likeness (QED) is 0.831. The van der Waals surface area contributed by atoms with E-state index < -0.39 is 0 Å². The molecule has 2 heterocycles. The SMILES string of the molecule is Cc1cc(C(=O)N2CCC(N(C)C)C2)sc1-c1cccc(Cl)c1. The Morgan fingerprint density at radius 2 is 2.13 bits per heavy atom. The van der Waals surface area contributed by atoms with Gasteiger partial charge in [-0.3, -0.25) is 4.79 Å². The van der Waals surface area contributed by atoms with Gasteiger partial charge in [-0.25, -0.2) is 0 Å². The normalized spacial score (nSPS) is 18.0. The van der Waals surface area contributed by atoms with Crippen molar-refractivity contribution in [2.24, 2.45) is 0 Å². The molecule has 1 fully saturated rings. The summed E-state index contributed by atoms with van der Waals surface area (Å²) in [5.74, 6) is 0.149. The molecule has 3 rings (SSSR count). The first-order valence-corrected chi connectivity index (χ1v) is 8.97. The second kappa shape index (κ2) is 6.63. The molecule has 1 saturated heterocycles. The van der Waals surface area contributed by atoms with Crippen molar-refractivity contribution in [1.82, 2.24) is 9.80 Å². The van der Waals surface area contributed by atoms with Crippen LogP contribution in [-0.2, 0) is 0 Å². The molecule has 5 heteroatoms. The van der Waals surface area contributed by atoms with Crippen molar-refractivity contribution in [1.29, 1.82) is 0 Å². The van der Waals surface area contributed by atoms with Crippen LogP contribution in [0.4, 0.5) is 0 Å². The Morgan fingerprint density at radius 1 is 1.35 bits per heavy atom. The zero-order valence-electron chi connectivity index (χ0n) is 13.7. The molecule has 1 atom stereocenters. The van der Waals surface area contributed by atoms with Crippen molar-refractivity contribution >= 4 is 28.8 Å². The molecule has 2 aromatic rings. The molecule has 0 aliphatic carbocycles. The van der Waals surface area contributed by atoms with Gasteiger partial charge in [0.05, 0.1) is 4.88 Å². The number of hydrogen-bond acceptors (Lipinski definition) is 3. The van der Waals surface area contributed by atoms with E-state index in [1.807, 2.05) is 35.2 Å². The molecular formula is C18H21ClN2OS. The van der Waals surface area contributed by atoms with E-state index in [1.54, 1.807) is 11.3 Å². The van der Waals surface area contributed by atoms with E-state index in [0.717, 1.165) is 45.4 Å². The summed E-state index contributed by atoms with van der Waals surface area (Å²) in [6, 6.07) is 10.3. The van der Waals surface area contributed by atoms with E-state index in [1.165, 1.54) is 0 Å². The van der Waals surface area contributed by atoms with Crippen LogP contribution in [0.15, 0.2) is 30.3 Å². The van der Waals surface area contributed by atoms with Gasteiger partial charge in [0.1, 0.15) is 0 Å². The molecular weight excluding hydrogens is 328 g/mol. The van der Waals surface area contributed by atoms with Crippen molar-refractivity contribution in [2.75, 3.05) is 27.2 Å². The molecule has 0 N–H and O–H groups in total. The minimum atomic E-state index is 0.149. The molecule has 1 aromatic carbocycles. The molecule has 0 bridgehead atoms. The highest BCUT2D eigenvalue weighted by Crippen LogP contribution is 2.34. The van der Waals surface area contributed by atoms with Crippen molar-refractivity contribution < 1.29 is 4.79 Å². The van der Waals surface area contributed by atoms with Crippen molar-refractivity contribution in [3.63, 3.8) is 0 Å². The Balaban J connectivity index is 1.82. The molecule has 0 radical (unpaired) electrons. The number of benzene rings is 1. The van der Waals surface area contributed by atoms with E-state index in [-0.39, 0.29) is 5.91 Å². The average molecular weight is 349 g/mol. The first-order valence-electron chi connectivity index (χ1n) is 7.78. The summed E-state index contributed by atoms with van der Waals surface area (Å²) in [5, 5.41) is 0.719. The summed E-state index contributed by atoms with van der Waals surface area (Å²) >= 11 is 7.65. The van der Waals surface area contributed by atoms with Crippen molar-refractivity contribution in [3.8, 4) is 10.4 Å². The lowest BCUT2D eigenvalue weighted by Gasteiger charge is -2.20. The van der Waals surface area contributed by atoms with Crippen LogP contribution in [0, 0.1) is 6.92 Å². The topological polar surface area (TPSA) is 23.6 Å². The van der Waals surface area contributed by atoms with Gasteiger partial charge in [-0.1, -0.05) is 23.7 Å². The molecule has 1 amide bonds. The van der Waals surface area contributed by atoms with Gasteiger partial charge < -0.3 is 9.80 Å². The second-order valence-corrected chi connectivity index (χ2v) is 7.78. The van der Waals surface area contributed by atoms with Crippen LogP contribution in [0.2, 0.25) is 5.02 Å². The molecule has 1 aliphatic rings. The first-order chi connectivity index (χ1) is 11.0. The van der Waals surface area contributed by atoms with Crippen LogP contribution in [-0.4, -0.2) is 48.9 Å². The average Bonchev–Trinajstić information content (AvgIpc) is 3.13. The standard InChI is InChI=1S/C18H21ClN2OS/c1-12-9-16(18(22)21-8-7-15(11-21)20(2)3)23-17(12)13-5-4-6-14(19)10-13/h4-6,9-10,15H,7-8,11H2,1-3H3. The Morgan fingerprint density at radius 3 is 2.78 bits per heavy atom. The van der Waals surface area contributed by atoms with Crippen LogP contribution in [0.25, 0.3) is 10.4 Å². The fourth-order valence-corrected chi connectivity index (χ4v) is 4.33. The summed E-state index contributed by atoms with van der Waals surface area (Å²) in [6.45, 7) is 3.70. The number of aryl methyl sites for hydroxylation is 1. The number of likely N-dealkylation sites (N-methyl/N-ethyl adjacent to an activating group) is 1. The van der Waals surface area contributed by atoms with Crippen LogP contribution < -0.4 is 0 Å². The summed E-state index contributed by atoms with van der Waals surface area (Å²) in [5.41, 5.74) is 2.20. The minimum absolute atomic E-state index is 0.149. The Kier molecular flexibility index (Phi) is 4.76. The number of halogens is 1. The summed E-state index contributed by atoms with van der Waals surface area (Å²) < 4.78 is 0. The lowest BCUT2D eigenvalue weighted by Crippen LogP contribution is -2.34. The number of thiophene rings is 1. The van der Waals surface area contributed by atoms with Crippen molar-refractivity contribution in [2.45, 2.75) is 19.4 Å². The zero-order valence-corrected chi connectivity index (χ0v) is 15.2. The summed E-state index contributed by atoms with van der Waals surface area (Å²) in [6.07, 6.45) is 1.05. The van der Waals surface area contributed by atoms with E-state index in [9.17, 15) is 4.79 Å². The predicted molar refractivity (Wildman–Crippen MR) is 97.5 cm³/mol. The third-order valence-corrected chi connectivity index (χ3v) is 5.91. The van der Waals surface area contributed by atoms with Gasteiger partial charge in [0.15, 0.2) is 0 Å². The highest BCUT2D eigenvalue weighted by atomic mass is 35.5. The second-order valence-electron chi connectivity index (χ2n) is 6.29. The fraction of sp³-hybridized carbons (Fsp3) is 0.389. The minimum Gasteiger partial charge on any atom is -0.336 e. The van der Waals surface area contributed by atoms with E-state index in [2.05, 4.69) is 25.9 Å². The lowest BCUT2D eigenvalue weighted by molar-refractivity contribution is 0.0788. The van der Waals surface area contributed by atoms with Crippen LogP contribution in [0.5, 0.6) is 0 Å². The third-order valence-electron chi connectivity index (χ3n) is 4.40. The van der Waals surface area contributed by atoms with Crippen LogP contribution in [0.1, 0.15) is 21.7 Å². The number of carbonyl (C=O) groups excluding carboxylic acids is 1. The van der Waals surface area contributed by atoms with Gasteiger partial charge in [0, 0.05) is 29.0 Å². The van der Waals surface area contributed by atoms with E-state index in [0.29, 0.717) is 6.04 Å². The zero-order chi connectivity index (χ0) is 16.6. The molecule has 122 valence electrons.